The van der Waals surface area contributed by atoms with E-state index in [2.05, 4.69) is 40.3 Å². The molecular formula is C12H20N4. The van der Waals surface area contributed by atoms with Gasteiger partial charge in [0.2, 0.25) is 0 Å². The molecule has 4 heteroatoms. The van der Waals surface area contributed by atoms with E-state index >= 15 is 0 Å². The van der Waals surface area contributed by atoms with Gasteiger partial charge in [0.15, 0.2) is 5.82 Å². The molecule has 0 unspecified atom stereocenters. The summed E-state index contributed by atoms with van der Waals surface area (Å²) < 4.78 is 0. The highest BCUT2D eigenvalue weighted by Gasteiger charge is 2.29. The molecule has 0 bridgehead atoms. The first kappa shape index (κ1) is 11.3. The Labute approximate surface area is 97.1 Å². The maximum Gasteiger partial charge on any atom is 0.151 e. The van der Waals surface area contributed by atoms with E-state index in [1.165, 1.54) is 6.42 Å². The summed E-state index contributed by atoms with van der Waals surface area (Å²) >= 11 is 0. The van der Waals surface area contributed by atoms with Gasteiger partial charge in [-0.25, -0.2) is 0 Å². The Balaban J connectivity index is 2.05. The van der Waals surface area contributed by atoms with Crippen LogP contribution in [0.1, 0.15) is 26.0 Å². The number of hydrogen-bond donors (Lipinski definition) is 1. The molecule has 0 aliphatic carbocycles. The number of anilines is 1. The molecule has 0 amide bonds. The van der Waals surface area contributed by atoms with Crippen LogP contribution in [0.25, 0.3) is 0 Å². The van der Waals surface area contributed by atoms with Crippen molar-refractivity contribution in [2.75, 3.05) is 25.0 Å². The molecule has 1 fully saturated rings. The van der Waals surface area contributed by atoms with Gasteiger partial charge in [0.1, 0.15) is 0 Å². The lowest BCUT2D eigenvalue weighted by atomic mass is 9.93. The topological polar surface area (TPSA) is 41.0 Å². The van der Waals surface area contributed by atoms with Crippen LogP contribution in [0.4, 0.5) is 5.82 Å². The molecule has 0 aromatic carbocycles. The van der Waals surface area contributed by atoms with Gasteiger partial charge in [-0.3, -0.25) is 0 Å². The zero-order valence-electron chi connectivity index (χ0n) is 10.3. The van der Waals surface area contributed by atoms with Crippen molar-refractivity contribution >= 4 is 5.82 Å². The first-order valence-electron chi connectivity index (χ1n) is 5.83. The maximum atomic E-state index is 4.28. The Bertz CT molecular complexity index is 345. The zero-order chi connectivity index (χ0) is 11.6. The highest BCUT2D eigenvalue weighted by atomic mass is 15.3. The van der Waals surface area contributed by atoms with E-state index in [-0.39, 0.29) is 0 Å². The molecule has 1 aromatic rings. The first-order valence-corrected chi connectivity index (χ1v) is 5.83. The fourth-order valence-corrected chi connectivity index (χ4v) is 2.10. The van der Waals surface area contributed by atoms with Gasteiger partial charge in [0.25, 0.3) is 0 Å². The van der Waals surface area contributed by atoms with Crippen molar-refractivity contribution in [2.24, 2.45) is 5.41 Å². The summed E-state index contributed by atoms with van der Waals surface area (Å²) in [5, 5.41) is 11.6. The monoisotopic (exact) mass is 220 g/mol. The molecule has 1 aliphatic rings. The summed E-state index contributed by atoms with van der Waals surface area (Å²) in [6.45, 7) is 7.55. The van der Waals surface area contributed by atoms with Crippen LogP contribution in [-0.4, -0.2) is 30.3 Å². The van der Waals surface area contributed by atoms with Crippen LogP contribution in [0.15, 0.2) is 12.1 Å². The lowest BCUT2D eigenvalue weighted by Gasteiger charge is -2.20. The second-order valence-electron chi connectivity index (χ2n) is 5.25. The predicted molar refractivity (Wildman–Crippen MR) is 65.4 cm³/mol. The van der Waals surface area contributed by atoms with Gasteiger partial charge in [0, 0.05) is 19.6 Å². The fourth-order valence-electron chi connectivity index (χ4n) is 2.10. The SMILES string of the molecule is CNCc1ccc(N2CCC(C)(C)C2)nn1. The molecule has 2 heterocycles. The van der Waals surface area contributed by atoms with Crippen LogP contribution in [0.2, 0.25) is 0 Å². The average Bonchev–Trinajstić information content (AvgIpc) is 2.61. The summed E-state index contributed by atoms with van der Waals surface area (Å²) in [6.07, 6.45) is 1.23. The van der Waals surface area contributed by atoms with Crippen molar-refractivity contribution in [1.29, 1.82) is 0 Å². The lowest BCUT2D eigenvalue weighted by Crippen LogP contribution is -2.24. The minimum absolute atomic E-state index is 0.408. The minimum Gasteiger partial charge on any atom is -0.355 e. The quantitative estimate of drug-likeness (QED) is 0.836. The molecule has 4 nitrogen and oxygen atoms in total. The Hall–Kier alpha value is -1.16. The smallest absolute Gasteiger partial charge is 0.151 e. The minimum atomic E-state index is 0.408. The molecular weight excluding hydrogens is 200 g/mol. The maximum absolute atomic E-state index is 4.28. The Morgan fingerprint density at radius 1 is 1.38 bits per heavy atom. The molecule has 0 atom stereocenters. The molecule has 0 radical (unpaired) electrons. The van der Waals surface area contributed by atoms with E-state index in [4.69, 9.17) is 0 Å². The van der Waals surface area contributed by atoms with Gasteiger partial charge in [-0.1, -0.05) is 13.8 Å². The summed E-state index contributed by atoms with van der Waals surface area (Å²) in [7, 11) is 1.92. The van der Waals surface area contributed by atoms with Gasteiger partial charge in [-0.2, -0.15) is 5.10 Å². The van der Waals surface area contributed by atoms with Crippen molar-refractivity contribution in [3.05, 3.63) is 17.8 Å². The van der Waals surface area contributed by atoms with Crippen LogP contribution < -0.4 is 10.2 Å². The highest BCUT2D eigenvalue weighted by Crippen LogP contribution is 2.31. The molecule has 88 valence electrons. The molecule has 1 saturated heterocycles. The third-order valence-electron chi connectivity index (χ3n) is 3.06. The number of aromatic nitrogens is 2. The number of hydrogen-bond acceptors (Lipinski definition) is 4. The highest BCUT2D eigenvalue weighted by molar-refractivity contribution is 5.39. The van der Waals surface area contributed by atoms with Gasteiger partial charge in [-0.05, 0) is 31.0 Å². The van der Waals surface area contributed by atoms with E-state index in [0.717, 1.165) is 31.1 Å². The zero-order valence-corrected chi connectivity index (χ0v) is 10.3. The Kier molecular flexibility index (Phi) is 3.10. The van der Waals surface area contributed by atoms with Crippen molar-refractivity contribution in [3.8, 4) is 0 Å². The molecule has 1 aliphatic heterocycles. The summed E-state index contributed by atoms with van der Waals surface area (Å²) in [5.74, 6) is 1.01. The number of rotatable bonds is 3. The van der Waals surface area contributed by atoms with Gasteiger partial charge >= 0.3 is 0 Å². The first-order chi connectivity index (χ1) is 7.61. The largest absolute Gasteiger partial charge is 0.355 e. The van der Waals surface area contributed by atoms with Gasteiger partial charge < -0.3 is 10.2 Å². The third kappa shape index (κ3) is 2.50. The van der Waals surface area contributed by atoms with E-state index < -0.39 is 0 Å². The van der Waals surface area contributed by atoms with Crippen molar-refractivity contribution in [3.63, 3.8) is 0 Å². The number of nitrogens with zero attached hydrogens (tertiary/aromatic N) is 3. The molecule has 2 rings (SSSR count). The van der Waals surface area contributed by atoms with Crippen molar-refractivity contribution < 1.29 is 0 Å². The van der Waals surface area contributed by atoms with Crippen molar-refractivity contribution in [2.45, 2.75) is 26.8 Å². The second-order valence-corrected chi connectivity index (χ2v) is 5.25. The summed E-state index contributed by atoms with van der Waals surface area (Å²) in [5.41, 5.74) is 1.40. The van der Waals surface area contributed by atoms with Crippen LogP contribution >= 0.6 is 0 Å². The van der Waals surface area contributed by atoms with E-state index in [0.29, 0.717) is 5.41 Å². The predicted octanol–water partition coefficient (Wildman–Crippen LogP) is 1.43. The van der Waals surface area contributed by atoms with Crippen LogP contribution in [0, 0.1) is 5.41 Å². The van der Waals surface area contributed by atoms with E-state index in [9.17, 15) is 0 Å². The molecule has 1 N–H and O–H groups in total. The normalized spacial score (nSPS) is 19.1. The Morgan fingerprint density at radius 3 is 2.69 bits per heavy atom. The molecule has 0 spiro atoms. The van der Waals surface area contributed by atoms with Crippen LogP contribution in [0.5, 0.6) is 0 Å². The molecule has 16 heavy (non-hydrogen) atoms. The molecule has 0 saturated carbocycles. The Morgan fingerprint density at radius 2 is 2.19 bits per heavy atom. The van der Waals surface area contributed by atoms with Crippen molar-refractivity contribution in [1.82, 2.24) is 15.5 Å². The van der Waals surface area contributed by atoms with Gasteiger partial charge in [-0.15, -0.1) is 5.10 Å². The second kappa shape index (κ2) is 4.37. The van der Waals surface area contributed by atoms with Gasteiger partial charge in [0.05, 0.1) is 5.69 Å². The summed E-state index contributed by atoms with van der Waals surface area (Å²) in [6, 6.07) is 4.12. The third-order valence-corrected chi connectivity index (χ3v) is 3.06. The average molecular weight is 220 g/mol. The standard InChI is InChI=1S/C12H20N4/c1-12(2)6-7-16(9-12)11-5-4-10(8-13-3)14-15-11/h4-5,13H,6-9H2,1-3H3. The summed E-state index contributed by atoms with van der Waals surface area (Å²) in [4.78, 5) is 2.32. The fraction of sp³-hybridized carbons (Fsp3) is 0.667. The van der Waals surface area contributed by atoms with Crippen LogP contribution in [-0.2, 0) is 6.54 Å². The van der Waals surface area contributed by atoms with E-state index in [1.54, 1.807) is 0 Å². The van der Waals surface area contributed by atoms with Crippen LogP contribution in [0.3, 0.4) is 0 Å². The number of nitrogens with one attached hydrogen (secondary N) is 1. The molecule has 1 aromatic heterocycles. The van der Waals surface area contributed by atoms with E-state index in [1.807, 2.05) is 13.1 Å². The lowest BCUT2D eigenvalue weighted by molar-refractivity contribution is 0.418.